The molecule has 0 saturated heterocycles. The zero-order valence-corrected chi connectivity index (χ0v) is 11.6. The predicted molar refractivity (Wildman–Crippen MR) is 74.2 cm³/mol. The minimum atomic E-state index is 0.107. The van der Waals surface area contributed by atoms with Gasteiger partial charge in [0.1, 0.15) is 0 Å². The first-order valence-corrected chi connectivity index (χ1v) is 6.87. The number of nitrogens with one attached hydrogen (secondary N) is 1. The Morgan fingerprint density at radius 2 is 2.11 bits per heavy atom. The van der Waals surface area contributed by atoms with E-state index in [2.05, 4.69) is 22.2 Å². The summed E-state index contributed by atoms with van der Waals surface area (Å²) in [5, 5.41) is 5.41. The molecule has 2 heterocycles. The Hall–Kier alpha value is -1.62. The van der Waals surface area contributed by atoms with Gasteiger partial charge in [0.15, 0.2) is 0 Å². The number of anilines is 1. The van der Waals surface area contributed by atoms with E-state index in [1.165, 1.54) is 0 Å². The van der Waals surface area contributed by atoms with Crippen LogP contribution >= 0.6 is 11.3 Å². The number of rotatable bonds is 5. The predicted octanol–water partition coefficient (Wildman–Crippen LogP) is 3.50. The second-order valence-corrected chi connectivity index (χ2v) is 5.02. The van der Waals surface area contributed by atoms with Crippen molar-refractivity contribution in [1.82, 2.24) is 9.97 Å². The van der Waals surface area contributed by atoms with Gasteiger partial charge in [-0.05, 0) is 32.9 Å². The average Bonchev–Trinajstić information content (AvgIpc) is 2.84. The van der Waals surface area contributed by atoms with Crippen LogP contribution in [-0.2, 0) is 0 Å². The third-order valence-corrected chi connectivity index (χ3v) is 2.99. The quantitative estimate of drug-likeness (QED) is 0.897. The molecular formula is C13H17N3OS. The molecule has 2 aromatic heterocycles. The molecule has 96 valence electrons. The molecule has 0 aliphatic carbocycles. The molecule has 0 aromatic carbocycles. The minimum absolute atomic E-state index is 0.107. The van der Waals surface area contributed by atoms with E-state index in [1.807, 2.05) is 36.9 Å². The Kier molecular flexibility index (Phi) is 4.15. The van der Waals surface area contributed by atoms with Crippen LogP contribution in [0.4, 0.5) is 5.69 Å². The van der Waals surface area contributed by atoms with Crippen LogP contribution < -0.4 is 10.1 Å². The van der Waals surface area contributed by atoms with Crippen molar-refractivity contribution < 1.29 is 4.74 Å². The van der Waals surface area contributed by atoms with Gasteiger partial charge in [-0.2, -0.15) is 0 Å². The summed E-state index contributed by atoms with van der Waals surface area (Å²) in [6, 6.07) is 3.99. The molecule has 0 bridgehead atoms. The lowest BCUT2D eigenvalue weighted by molar-refractivity contribution is 0.234. The number of hydrogen-bond donors (Lipinski definition) is 1. The lowest BCUT2D eigenvalue weighted by atomic mass is 10.2. The molecule has 1 N–H and O–H groups in total. The topological polar surface area (TPSA) is 47.0 Å². The number of aromatic nitrogens is 2. The maximum atomic E-state index is 5.67. The van der Waals surface area contributed by atoms with Gasteiger partial charge in [0.05, 0.1) is 29.0 Å². The first kappa shape index (κ1) is 12.8. The van der Waals surface area contributed by atoms with Crippen molar-refractivity contribution in [2.45, 2.75) is 32.9 Å². The summed E-state index contributed by atoms with van der Waals surface area (Å²) in [5.41, 5.74) is 3.76. The molecule has 0 fully saturated rings. The third-order valence-electron chi connectivity index (χ3n) is 2.39. The SMILES string of the molecule is CC(C)Oc1ncccc1NC(C)c1cscn1. The van der Waals surface area contributed by atoms with Gasteiger partial charge in [-0.1, -0.05) is 0 Å². The van der Waals surface area contributed by atoms with Crippen molar-refractivity contribution in [1.29, 1.82) is 0 Å². The van der Waals surface area contributed by atoms with E-state index in [-0.39, 0.29) is 12.1 Å². The monoisotopic (exact) mass is 263 g/mol. The highest BCUT2D eigenvalue weighted by Gasteiger charge is 2.12. The van der Waals surface area contributed by atoms with Gasteiger partial charge in [-0.25, -0.2) is 9.97 Å². The molecule has 1 unspecified atom stereocenters. The van der Waals surface area contributed by atoms with Crippen LogP contribution in [0.3, 0.4) is 0 Å². The summed E-state index contributed by atoms with van der Waals surface area (Å²) < 4.78 is 5.67. The van der Waals surface area contributed by atoms with Crippen molar-refractivity contribution in [2.75, 3.05) is 5.32 Å². The van der Waals surface area contributed by atoms with E-state index in [9.17, 15) is 0 Å². The highest BCUT2D eigenvalue weighted by atomic mass is 32.1. The van der Waals surface area contributed by atoms with E-state index >= 15 is 0 Å². The molecule has 0 amide bonds. The number of pyridine rings is 1. The lowest BCUT2D eigenvalue weighted by Crippen LogP contribution is -2.12. The van der Waals surface area contributed by atoms with Crippen LogP contribution in [0, 0.1) is 0 Å². The van der Waals surface area contributed by atoms with Gasteiger partial charge >= 0.3 is 0 Å². The Bertz CT molecular complexity index is 485. The largest absolute Gasteiger partial charge is 0.473 e. The number of thiazole rings is 1. The van der Waals surface area contributed by atoms with Crippen LogP contribution in [0.1, 0.15) is 32.5 Å². The maximum Gasteiger partial charge on any atom is 0.237 e. The minimum Gasteiger partial charge on any atom is -0.473 e. The van der Waals surface area contributed by atoms with Crippen LogP contribution in [0.5, 0.6) is 5.88 Å². The normalized spacial score (nSPS) is 12.4. The first-order chi connectivity index (χ1) is 8.66. The van der Waals surface area contributed by atoms with Gasteiger partial charge in [-0.3, -0.25) is 0 Å². The fourth-order valence-electron chi connectivity index (χ4n) is 1.56. The Balaban J connectivity index is 2.13. The van der Waals surface area contributed by atoms with E-state index in [0.29, 0.717) is 5.88 Å². The summed E-state index contributed by atoms with van der Waals surface area (Å²) in [7, 11) is 0. The molecule has 0 saturated carbocycles. The van der Waals surface area contributed by atoms with Crippen LogP contribution in [0.15, 0.2) is 29.2 Å². The van der Waals surface area contributed by atoms with E-state index < -0.39 is 0 Å². The zero-order valence-electron chi connectivity index (χ0n) is 10.8. The van der Waals surface area contributed by atoms with Crippen molar-refractivity contribution in [3.05, 3.63) is 34.9 Å². The molecule has 0 spiro atoms. The highest BCUT2D eigenvalue weighted by Crippen LogP contribution is 2.26. The standard InChI is InChI=1S/C13H17N3OS/c1-9(2)17-13-11(5-4-6-14-13)16-10(3)12-7-18-8-15-12/h4-10,16H,1-3H3. The van der Waals surface area contributed by atoms with Gasteiger partial charge < -0.3 is 10.1 Å². The molecule has 1 atom stereocenters. The van der Waals surface area contributed by atoms with Crippen molar-refractivity contribution in [3.63, 3.8) is 0 Å². The van der Waals surface area contributed by atoms with Gasteiger partial charge in [0, 0.05) is 11.6 Å². The van der Waals surface area contributed by atoms with Gasteiger partial charge in [0.2, 0.25) is 5.88 Å². The average molecular weight is 263 g/mol. The summed E-state index contributed by atoms with van der Waals surface area (Å²) in [5.74, 6) is 0.634. The molecule has 0 radical (unpaired) electrons. The lowest BCUT2D eigenvalue weighted by Gasteiger charge is -2.17. The number of nitrogens with zero attached hydrogens (tertiary/aromatic N) is 2. The fourth-order valence-corrected chi connectivity index (χ4v) is 2.21. The molecule has 2 aromatic rings. The zero-order chi connectivity index (χ0) is 13.0. The Morgan fingerprint density at radius 1 is 1.28 bits per heavy atom. The summed E-state index contributed by atoms with van der Waals surface area (Å²) >= 11 is 1.60. The van der Waals surface area contributed by atoms with E-state index in [0.717, 1.165) is 11.4 Å². The molecule has 0 aliphatic rings. The fraction of sp³-hybridized carbons (Fsp3) is 0.385. The van der Waals surface area contributed by atoms with E-state index in [4.69, 9.17) is 4.74 Å². The van der Waals surface area contributed by atoms with E-state index in [1.54, 1.807) is 17.5 Å². The van der Waals surface area contributed by atoms with Gasteiger partial charge in [-0.15, -0.1) is 11.3 Å². The van der Waals surface area contributed by atoms with Gasteiger partial charge in [0.25, 0.3) is 0 Å². The second-order valence-electron chi connectivity index (χ2n) is 4.30. The maximum absolute atomic E-state index is 5.67. The molecule has 2 rings (SSSR count). The summed E-state index contributed by atoms with van der Waals surface area (Å²) in [4.78, 5) is 8.55. The highest BCUT2D eigenvalue weighted by molar-refractivity contribution is 7.07. The Labute approximate surface area is 111 Å². The van der Waals surface area contributed by atoms with Crippen molar-refractivity contribution in [2.24, 2.45) is 0 Å². The smallest absolute Gasteiger partial charge is 0.237 e. The first-order valence-electron chi connectivity index (χ1n) is 5.93. The summed E-state index contributed by atoms with van der Waals surface area (Å²) in [6.07, 6.45) is 1.84. The van der Waals surface area contributed by atoms with Crippen molar-refractivity contribution in [3.8, 4) is 5.88 Å². The Morgan fingerprint density at radius 3 is 2.78 bits per heavy atom. The number of hydrogen-bond acceptors (Lipinski definition) is 5. The third kappa shape index (κ3) is 3.20. The molecule has 5 heteroatoms. The second kappa shape index (κ2) is 5.82. The summed E-state index contributed by atoms with van der Waals surface area (Å²) in [6.45, 7) is 6.05. The van der Waals surface area contributed by atoms with Crippen LogP contribution in [0.25, 0.3) is 0 Å². The molecule has 4 nitrogen and oxygen atoms in total. The van der Waals surface area contributed by atoms with Crippen LogP contribution in [-0.4, -0.2) is 16.1 Å². The molecular weight excluding hydrogens is 246 g/mol. The van der Waals surface area contributed by atoms with Crippen molar-refractivity contribution >= 4 is 17.0 Å². The number of ether oxygens (including phenoxy) is 1. The molecule has 18 heavy (non-hydrogen) atoms. The molecule has 0 aliphatic heterocycles. The van der Waals surface area contributed by atoms with Crippen LogP contribution in [0.2, 0.25) is 0 Å².